The Morgan fingerprint density at radius 1 is 1.10 bits per heavy atom. The number of halogens is 1. The molecule has 146 valence electrons. The quantitative estimate of drug-likeness (QED) is 0.551. The number of nitrogens with one attached hydrogen (secondary N) is 1. The second-order valence-corrected chi connectivity index (χ2v) is 7.04. The van der Waals surface area contributed by atoms with Crippen molar-refractivity contribution in [2.24, 2.45) is 7.05 Å². The lowest BCUT2D eigenvalue weighted by Gasteiger charge is -2.06. The number of aryl methyl sites for hydroxylation is 1. The average Bonchev–Trinajstić information content (AvgIpc) is 2.98. The summed E-state index contributed by atoms with van der Waals surface area (Å²) >= 11 is 5.94. The van der Waals surface area contributed by atoms with E-state index in [0.717, 1.165) is 11.1 Å². The smallest absolute Gasteiger partial charge is 0.330 e. The molecule has 7 nitrogen and oxygen atoms in total. The Balaban J connectivity index is 1.63. The minimum Gasteiger partial charge on any atom is -0.350 e. The van der Waals surface area contributed by atoms with E-state index in [1.54, 1.807) is 37.5 Å². The molecular weight excluding hydrogens is 390 g/mol. The number of benzene rings is 2. The molecule has 0 atom stereocenters. The molecule has 2 aromatic heterocycles. The molecule has 0 radical (unpaired) electrons. The van der Waals surface area contributed by atoms with Crippen molar-refractivity contribution in [2.75, 3.05) is 0 Å². The van der Waals surface area contributed by atoms with Crippen molar-refractivity contribution in [2.45, 2.75) is 13.1 Å². The van der Waals surface area contributed by atoms with Crippen molar-refractivity contribution >= 4 is 28.7 Å². The number of rotatable bonds is 5. The number of carbonyl (C=O) groups is 1. The second-order valence-electron chi connectivity index (χ2n) is 6.60. The van der Waals surface area contributed by atoms with Gasteiger partial charge in [-0.3, -0.25) is 13.9 Å². The Morgan fingerprint density at radius 2 is 1.83 bits per heavy atom. The van der Waals surface area contributed by atoms with E-state index in [2.05, 4.69) is 15.3 Å². The molecule has 4 aromatic rings. The van der Waals surface area contributed by atoms with Crippen LogP contribution in [-0.4, -0.2) is 25.0 Å². The topological polar surface area (TPSA) is 81.8 Å². The van der Waals surface area contributed by atoms with Gasteiger partial charge in [0.25, 0.3) is 0 Å². The van der Waals surface area contributed by atoms with Crippen LogP contribution in [0.3, 0.4) is 0 Å². The van der Waals surface area contributed by atoms with Gasteiger partial charge < -0.3 is 5.32 Å². The first kappa shape index (κ1) is 18.9. The molecule has 0 fully saturated rings. The second kappa shape index (κ2) is 7.89. The lowest BCUT2D eigenvalue weighted by molar-refractivity contribution is -0.121. The summed E-state index contributed by atoms with van der Waals surface area (Å²) in [5.74, 6) is 0.188. The van der Waals surface area contributed by atoms with E-state index in [1.807, 2.05) is 30.3 Å². The van der Waals surface area contributed by atoms with Gasteiger partial charge in [-0.05, 0) is 29.8 Å². The average molecular weight is 408 g/mol. The molecule has 0 unspecified atom stereocenters. The number of fused-ring (bicyclic) bond motifs is 1. The molecule has 0 spiro atoms. The zero-order valence-corrected chi connectivity index (χ0v) is 16.4. The molecule has 0 aliphatic heterocycles. The first-order valence-electron chi connectivity index (χ1n) is 9.02. The van der Waals surface area contributed by atoms with Gasteiger partial charge >= 0.3 is 5.69 Å². The summed E-state index contributed by atoms with van der Waals surface area (Å²) in [4.78, 5) is 34.0. The van der Waals surface area contributed by atoms with Gasteiger partial charge in [-0.2, -0.15) is 0 Å². The Morgan fingerprint density at radius 3 is 2.55 bits per heavy atom. The van der Waals surface area contributed by atoms with Crippen LogP contribution in [0.4, 0.5) is 0 Å². The number of imidazole rings is 1. The fourth-order valence-electron chi connectivity index (χ4n) is 3.05. The molecule has 2 heterocycles. The maximum atomic E-state index is 12.7. The minimum atomic E-state index is -0.322. The van der Waals surface area contributed by atoms with Crippen LogP contribution in [0.25, 0.3) is 22.6 Å². The van der Waals surface area contributed by atoms with Crippen LogP contribution in [0.5, 0.6) is 0 Å². The monoisotopic (exact) mass is 407 g/mol. The zero-order valence-electron chi connectivity index (χ0n) is 15.7. The molecule has 0 saturated carbocycles. The summed E-state index contributed by atoms with van der Waals surface area (Å²) in [5, 5.41) is 3.45. The number of hydrogen-bond donors (Lipinski definition) is 1. The van der Waals surface area contributed by atoms with Crippen molar-refractivity contribution in [1.82, 2.24) is 24.4 Å². The van der Waals surface area contributed by atoms with E-state index < -0.39 is 0 Å². The van der Waals surface area contributed by atoms with E-state index in [4.69, 9.17) is 11.6 Å². The predicted octanol–water partition coefficient (Wildman–Crippen LogP) is 2.77. The molecule has 1 amide bonds. The third-order valence-electron chi connectivity index (χ3n) is 4.62. The number of nitrogens with zero attached hydrogens (tertiary/aromatic N) is 4. The number of aromatic nitrogens is 4. The lowest BCUT2D eigenvalue weighted by Crippen LogP contribution is -2.32. The van der Waals surface area contributed by atoms with Crippen LogP contribution < -0.4 is 11.0 Å². The highest BCUT2D eigenvalue weighted by molar-refractivity contribution is 6.30. The number of amides is 1. The van der Waals surface area contributed by atoms with E-state index in [0.29, 0.717) is 28.6 Å². The molecule has 0 bridgehead atoms. The van der Waals surface area contributed by atoms with Gasteiger partial charge in [-0.1, -0.05) is 41.9 Å². The third kappa shape index (κ3) is 3.90. The fraction of sp³-hybridized carbons (Fsp3) is 0.143. The van der Waals surface area contributed by atoms with Gasteiger partial charge in [0.1, 0.15) is 12.1 Å². The van der Waals surface area contributed by atoms with Crippen LogP contribution in [0.2, 0.25) is 5.02 Å². The standard InChI is InChI=1S/C21H18ClN5O2/c1-26-17-12-24-19(15-7-9-16(22)10-8-15)25-20(17)27(21(26)29)13-18(28)23-11-14-5-3-2-4-6-14/h2-10,12H,11,13H2,1H3,(H,23,28). The van der Waals surface area contributed by atoms with Gasteiger partial charge in [0, 0.05) is 24.2 Å². The summed E-state index contributed by atoms with van der Waals surface area (Å²) in [6.45, 7) is 0.268. The van der Waals surface area contributed by atoms with Crippen LogP contribution in [0, 0.1) is 0 Å². The molecule has 29 heavy (non-hydrogen) atoms. The van der Waals surface area contributed by atoms with Gasteiger partial charge in [-0.25, -0.2) is 14.8 Å². The van der Waals surface area contributed by atoms with Gasteiger partial charge in [-0.15, -0.1) is 0 Å². The normalized spacial score (nSPS) is 11.0. The molecule has 1 N–H and O–H groups in total. The molecule has 4 rings (SSSR count). The summed E-state index contributed by atoms with van der Waals surface area (Å²) in [6.07, 6.45) is 1.59. The lowest BCUT2D eigenvalue weighted by atomic mass is 10.2. The largest absolute Gasteiger partial charge is 0.350 e. The van der Waals surface area contributed by atoms with Crippen LogP contribution in [0.15, 0.2) is 65.6 Å². The van der Waals surface area contributed by atoms with Crippen molar-refractivity contribution in [1.29, 1.82) is 0 Å². The first-order chi connectivity index (χ1) is 14.0. The van der Waals surface area contributed by atoms with Crippen molar-refractivity contribution in [3.63, 3.8) is 0 Å². The third-order valence-corrected chi connectivity index (χ3v) is 4.87. The maximum absolute atomic E-state index is 12.7. The van der Waals surface area contributed by atoms with Crippen molar-refractivity contribution < 1.29 is 4.79 Å². The molecule has 0 aliphatic carbocycles. The summed E-state index contributed by atoms with van der Waals surface area (Å²) < 4.78 is 2.79. The molecular formula is C21H18ClN5O2. The molecule has 0 aliphatic rings. The molecule has 2 aromatic carbocycles. The molecule has 0 saturated heterocycles. The Kier molecular flexibility index (Phi) is 5.14. The zero-order chi connectivity index (χ0) is 20.4. The van der Waals surface area contributed by atoms with Gasteiger partial charge in [0.2, 0.25) is 5.91 Å². The van der Waals surface area contributed by atoms with E-state index in [9.17, 15) is 9.59 Å². The predicted molar refractivity (Wildman–Crippen MR) is 112 cm³/mol. The van der Waals surface area contributed by atoms with E-state index in [1.165, 1.54) is 9.13 Å². The SMILES string of the molecule is Cn1c(=O)n(CC(=O)NCc2ccccc2)c2nc(-c3ccc(Cl)cc3)ncc21. The Hall–Kier alpha value is -3.45. The molecule has 8 heteroatoms. The highest BCUT2D eigenvalue weighted by Gasteiger charge is 2.16. The Labute approximate surface area is 171 Å². The highest BCUT2D eigenvalue weighted by atomic mass is 35.5. The van der Waals surface area contributed by atoms with Crippen molar-refractivity contribution in [3.05, 3.63) is 81.9 Å². The van der Waals surface area contributed by atoms with Gasteiger partial charge in [0.05, 0.1) is 6.20 Å². The summed E-state index contributed by atoms with van der Waals surface area (Å²) in [5.41, 5.74) is 2.40. The highest BCUT2D eigenvalue weighted by Crippen LogP contribution is 2.20. The van der Waals surface area contributed by atoms with Crippen LogP contribution >= 0.6 is 11.6 Å². The maximum Gasteiger partial charge on any atom is 0.330 e. The summed E-state index contributed by atoms with van der Waals surface area (Å²) in [6, 6.07) is 16.7. The fourth-order valence-corrected chi connectivity index (χ4v) is 3.18. The van der Waals surface area contributed by atoms with E-state index >= 15 is 0 Å². The summed E-state index contributed by atoms with van der Waals surface area (Å²) in [7, 11) is 1.63. The Bertz CT molecular complexity index is 1230. The number of carbonyl (C=O) groups excluding carboxylic acids is 1. The van der Waals surface area contributed by atoms with Crippen molar-refractivity contribution in [3.8, 4) is 11.4 Å². The van der Waals surface area contributed by atoms with Crippen LogP contribution in [0.1, 0.15) is 5.56 Å². The number of hydrogen-bond acceptors (Lipinski definition) is 4. The first-order valence-corrected chi connectivity index (χ1v) is 9.39. The minimum absolute atomic E-state index is 0.125. The van der Waals surface area contributed by atoms with Crippen LogP contribution in [-0.2, 0) is 24.9 Å². The van der Waals surface area contributed by atoms with E-state index in [-0.39, 0.29) is 18.1 Å². The van der Waals surface area contributed by atoms with Gasteiger partial charge in [0.15, 0.2) is 11.5 Å².